The van der Waals surface area contributed by atoms with Crippen LogP contribution in [0.4, 0.5) is 5.82 Å². The van der Waals surface area contributed by atoms with E-state index in [4.69, 9.17) is 4.74 Å². The van der Waals surface area contributed by atoms with Crippen molar-refractivity contribution in [3.8, 4) is 0 Å². The number of hydrogen-bond donors (Lipinski definition) is 1. The molecule has 1 amide bonds. The lowest BCUT2D eigenvalue weighted by molar-refractivity contribution is 0.102. The number of nitrogens with zero attached hydrogens (tertiary/aromatic N) is 2. The van der Waals surface area contributed by atoms with Gasteiger partial charge in [0, 0.05) is 24.3 Å². The molecular weight excluding hydrogens is 310 g/mol. The van der Waals surface area contributed by atoms with Crippen molar-refractivity contribution >= 4 is 33.3 Å². The maximum atomic E-state index is 12.4. The molecule has 1 aliphatic heterocycles. The number of anilines is 1. The van der Waals surface area contributed by atoms with Gasteiger partial charge in [-0.25, -0.2) is 9.97 Å². The summed E-state index contributed by atoms with van der Waals surface area (Å²) in [5.74, 6) is 0.782. The summed E-state index contributed by atoms with van der Waals surface area (Å²) in [7, 11) is 0. The Morgan fingerprint density at radius 1 is 1.26 bits per heavy atom. The lowest BCUT2D eigenvalue weighted by Crippen LogP contribution is -2.13. The van der Waals surface area contributed by atoms with E-state index in [9.17, 15) is 4.79 Å². The molecule has 1 aliphatic rings. The molecule has 0 spiro atoms. The number of fused-ring (bicyclic) bond motifs is 1. The topological polar surface area (TPSA) is 64.1 Å². The molecule has 23 heavy (non-hydrogen) atoms. The molecule has 0 unspecified atom stereocenters. The maximum absolute atomic E-state index is 12.4. The highest BCUT2D eigenvalue weighted by Crippen LogP contribution is 2.26. The lowest BCUT2D eigenvalue weighted by atomic mass is 10.00. The molecule has 3 heterocycles. The van der Waals surface area contributed by atoms with E-state index in [-0.39, 0.29) is 5.91 Å². The molecule has 1 atom stereocenters. The van der Waals surface area contributed by atoms with E-state index in [1.54, 1.807) is 29.1 Å². The van der Waals surface area contributed by atoms with Crippen molar-refractivity contribution < 1.29 is 9.53 Å². The van der Waals surface area contributed by atoms with Gasteiger partial charge in [0.15, 0.2) is 0 Å². The zero-order valence-electron chi connectivity index (χ0n) is 12.4. The third kappa shape index (κ3) is 2.95. The maximum Gasteiger partial charge on any atom is 0.256 e. The van der Waals surface area contributed by atoms with Crippen LogP contribution in [0.5, 0.6) is 0 Å². The van der Waals surface area contributed by atoms with Crippen LogP contribution in [0, 0.1) is 0 Å². The standard InChI is InChI=1S/C17H15N3O2S/c21-17(12-1-2-15-14(7-12)19-10-23-15)20-16-8-11(3-5-18-16)13-4-6-22-9-13/h1-3,5,7-8,10,13H,4,6,9H2,(H,18,20,21)/t13-/m0/s1. The number of thiazole rings is 1. The highest BCUT2D eigenvalue weighted by Gasteiger charge is 2.18. The Morgan fingerprint density at radius 3 is 3.09 bits per heavy atom. The number of benzene rings is 1. The number of carbonyl (C=O) groups excluding carboxylic acids is 1. The quantitative estimate of drug-likeness (QED) is 0.801. The van der Waals surface area contributed by atoms with Crippen molar-refractivity contribution in [3.63, 3.8) is 0 Å². The molecule has 116 valence electrons. The monoisotopic (exact) mass is 325 g/mol. The molecule has 0 aliphatic carbocycles. The predicted molar refractivity (Wildman–Crippen MR) is 90.0 cm³/mol. The number of nitrogens with one attached hydrogen (secondary N) is 1. The van der Waals surface area contributed by atoms with Crippen LogP contribution < -0.4 is 5.32 Å². The van der Waals surface area contributed by atoms with Crippen LogP contribution in [0.15, 0.2) is 42.0 Å². The molecule has 5 nitrogen and oxygen atoms in total. The fraction of sp³-hybridized carbons (Fsp3) is 0.235. The normalized spacial score (nSPS) is 17.5. The summed E-state index contributed by atoms with van der Waals surface area (Å²) in [6.45, 7) is 1.53. The van der Waals surface area contributed by atoms with Gasteiger partial charge in [0.25, 0.3) is 5.91 Å². The average molecular weight is 325 g/mol. The zero-order chi connectivity index (χ0) is 15.6. The zero-order valence-corrected chi connectivity index (χ0v) is 13.2. The summed E-state index contributed by atoms with van der Waals surface area (Å²) in [6, 6.07) is 9.44. The van der Waals surface area contributed by atoms with E-state index in [1.807, 2.05) is 24.3 Å². The molecule has 3 aromatic rings. The second kappa shape index (κ2) is 6.06. The van der Waals surface area contributed by atoms with Crippen LogP contribution in [0.25, 0.3) is 10.2 Å². The van der Waals surface area contributed by atoms with Crippen LogP contribution in [0.3, 0.4) is 0 Å². The van der Waals surface area contributed by atoms with Gasteiger partial charge >= 0.3 is 0 Å². The summed E-state index contributed by atoms with van der Waals surface area (Å²) >= 11 is 1.56. The first kappa shape index (κ1) is 14.3. The van der Waals surface area contributed by atoms with Gasteiger partial charge in [-0.1, -0.05) is 0 Å². The van der Waals surface area contributed by atoms with Crippen molar-refractivity contribution in [2.24, 2.45) is 0 Å². The van der Waals surface area contributed by atoms with E-state index < -0.39 is 0 Å². The Morgan fingerprint density at radius 2 is 2.22 bits per heavy atom. The molecule has 1 N–H and O–H groups in total. The molecule has 1 saturated heterocycles. The van der Waals surface area contributed by atoms with Crippen molar-refractivity contribution in [2.45, 2.75) is 12.3 Å². The highest BCUT2D eigenvalue weighted by molar-refractivity contribution is 7.16. The van der Waals surface area contributed by atoms with Gasteiger partial charge in [0.05, 0.1) is 22.3 Å². The second-order valence-electron chi connectivity index (χ2n) is 5.52. The number of amides is 1. The first-order valence-electron chi connectivity index (χ1n) is 7.48. The Bertz CT molecular complexity index is 856. The van der Waals surface area contributed by atoms with E-state index in [1.165, 1.54) is 0 Å². The summed E-state index contributed by atoms with van der Waals surface area (Å²) in [5.41, 5.74) is 4.36. The molecule has 2 aromatic heterocycles. The van der Waals surface area contributed by atoms with Crippen molar-refractivity contribution in [3.05, 3.63) is 53.2 Å². The summed E-state index contributed by atoms with van der Waals surface area (Å²) in [6.07, 6.45) is 2.74. The molecule has 0 bridgehead atoms. The largest absolute Gasteiger partial charge is 0.381 e. The number of rotatable bonds is 3. The molecule has 0 saturated carbocycles. The SMILES string of the molecule is O=C(Nc1cc([C@H]2CCOC2)ccn1)c1ccc2scnc2c1. The fourth-order valence-corrected chi connectivity index (χ4v) is 3.41. The minimum absolute atomic E-state index is 0.174. The summed E-state index contributed by atoms with van der Waals surface area (Å²) in [4.78, 5) is 20.9. The molecule has 1 fully saturated rings. The third-order valence-electron chi connectivity index (χ3n) is 4.02. The van der Waals surface area contributed by atoms with Crippen molar-refractivity contribution in [2.75, 3.05) is 18.5 Å². The van der Waals surface area contributed by atoms with Gasteiger partial charge in [0.1, 0.15) is 5.82 Å². The lowest BCUT2D eigenvalue weighted by Gasteiger charge is -2.10. The van der Waals surface area contributed by atoms with E-state index >= 15 is 0 Å². The molecular formula is C17H15N3O2S. The average Bonchev–Trinajstić information content (AvgIpc) is 3.26. The Hall–Kier alpha value is -2.31. The van der Waals surface area contributed by atoms with Crippen molar-refractivity contribution in [1.82, 2.24) is 9.97 Å². The van der Waals surface area contributed by atoms with Crippen LogP contribution >= 0.6 is 11.3 Å². The van der Waals surface area contributed by atoms with Gasteiger partial charge in [-0.15, -0.1) is 11.3 Å². The van der Waals surface area contributed by atoms with Crippen LogP contribution in [0.2, 0.25) is 0 Å². The van der Waals surface area contributed by atoms with E-state index in [0.29, 0.717) is 17.3 Å². The second-order valence-corrected chi connectivity index (χ2v) is 6.41. The molecule has 4 rings (SSSR count). The first-order valence-corrected chi connectivity index (χ1v) is 8.36. The fourth-order valence-electron chi connectivity index (χ4n) is 2.75. The van der Waals surface area contributed by atoms with Crippen LogP contribution in [-0.4, -0.2) is 29.1 Å². The number of hydrogen-bond acceptors (Lipinski definition) is 5. The van der Waals surface area contributed by atoms with E-state index in [2.05, 4.69) is 15.3 Å². The van der Waals surface area contributed by atoms with Gasteiger partial charge in [-0.05, 0) is 42.3 Å². The van der Waals surface area contributed by atoms with Crippen molar-refractivity contribution in [1.29, 1.82) is 0 Å². The Balaban J connectivity index is 1.54. The highest BCUT2D eigenvalue weighted by atomic mass is 32.1. The third-order valence-corrected chi connectivity index (χ3v) is 4.83. The van der Waals surface area contributed by atoms with Crippen LogP contribution in [-0.2, 0) is 4.74 Å². The number of carbonyl (C=O) groups is 1. The van der Waals surface area contributed by atoms with Gasteiger partial charge in [0.2, 0.25) is 0 Å². The predicted octanol–water partition coefficient (Wildman–Crippen LogP) is 3.45. The number of pyridine rings is 1. The van der Waals surface area contributed by atoms with Gasteiger partial charge in [-0.2, -0.15) is 0 Å². The minimum Gasteiger partial charge on any atom is -0.381 e. The number of aromatic nitrogens is 2. The van der Waals surface area contributed by atoms with Gasteiger partial charge < -0.3 is 10.1 Å². The van der Waals surface area contributed by atoms with E-state index in [0.717, 1.165) is 35.4 Å². The summed E-state index contributed by atoms with van der Waals surface area (Å²) in [5, 5.41) is 2.86. The van der Waals surface area contributed by atoms with Gasteiger partial charge in [-0.3, -0.25) is 4.79 Å². The minimum atomic E-state index is -0.174. The summed E-state index contributed by atoms with van der Waals surface area (Å²) < 4.78 is 6.49. The molecule has 6 heteroatoms. The smallest absolute Gasteiger partial charge is 0.256 e. The molecule has 0 radical (unpaired) electrons. The Kier molecular flexibility index (Phi) is 3.77. The Labute approximate surface area is 137 Å². The van der Waals surface area contributed by atoms with Crippen LogP contribution in [0.1, 0.15) is 28.3 Å². The number of ether oxygens (including phenoxy) is 1. The molecule has 1 aromatic carbocycles. The first-order chi connectivity index (χ1) is 11.3.